The fourth-order valence-electron chi connectivity index (χ4n) is 3.00. The summed E-state index contributed by atoms with van der Waals surface area (Å²) in [6.45, 7) is 0.690. The van der Waals surface area contributed by atoms with Gasteiger partial charge in [0.1, 0.15) is 6.04 Å². The van der Waals surface area contributed by atoms with E-state index in [-0.39, 0.29) is 11.1 Å². The first-order chi connectivity index (χ1) is 11.7. The summed E-state index contributed by atoms with van der Waals surface area (Å²) in [4.78, 5) is 48.3. The van der Waals surface area contributed by atoms with Crippen molar-refractivity contribution in [1.82, 2.24) is 10.0 Å². The van der Waals surface area contributed by atoms with Crippen molar-refractivity contribution < 1.29 is 19.2 Å². The fraction of sp³-hybridized carbons (Fsp3) is 0.250. The Balaban J connectivity index is 1.53. The Morgan fingerprint density at radius 3 is 2.54 bits per heavy atom. The topological polar surface area (TPSA) is 79.8 Å². The van der Waals surface area contributed by atoms with Crippen LogP contribution in [0.4, 0.5) is 5.13 Å². The number of rotatable bonds is 3. The van der Waals surface area contributed by atoms with Crippen LogP contribution >= 0.6 is 11.3 Å². The van der Waals surface area contributed by atoms with Gasteiger partial charge in [0, 0.05) is 18.1 Å². The van der Waals surface area contributed by atoms with Crippen LogP contribution in [0, 0.1) is 0 Å². The van der Waals surface area contributed by atoms with Gasteiger partial charge in [0.15, 0.2) is 5.13 Å². The van der Waals surface area contributed by atoms with Gasteiger partial charge in [0.2, 0.25) is 0 Å². The molecule has 1 fully saturated rings. The van der Waals surface area contributed by atoms with Crippen molar-refractivity contribution in [2.75, 3.05) is 11.4 Å². The molecule has 7 nitrogen and oxygen atoms in total. The number of amides is 2. The van der Waals surface area contributed by atoms with Crippen molar-refractivity contribution >= 4 is 34.3 Å². The lowest BCUT2D eigenvalue weighted by Gasteiger charge is -2.23. The fourth-order valence-corrected chi connectivity index (χ4v) is 3.72. The molecule has 3 heterocycles. The SMILES string of the molecule is O=C(ON1C(=O)c2ccccc2C1=O)C1CCCN1c1nccs1. The monoisotopic (exact) mass is 343 g/mol. The quantitative estimate of drug-likeness (QED) is 0.792. The maximum atomic E-state index is 12.5. The van der Waals surface area contributed by atoms with Gasteiger partial charge in [0.05, 0.1) is 11.1 Å². The molecule has 1 aromatic carbocycles. The standard InChI is InChI=1S/C16H13N3O4S/c20-13-10-4-1-2-5-11(10)14(21)19(13)23-15(22)12-6-3-8-18(12)16-17-7-9-24-16/h1-2,4-5,7,9,12H,3,6,8H2. The number of hydrogen-bond acceptors (Lipinski definition) is 7. The second-order valence-electron chi connectivity index (χ2n) is 5.53. The van der Waals surface area contributed by atoms with Gasteiger partial charge in [-0.3, -0.25) is 9.59 Å². The Kier molecular flexibility index (Phi) is 3.53. The molecule has 0 aliphatic carbocycles. The van der Waals surface area contributed by atoms with Crippen LogP contribution < -0.4 is 4.90 Å². The minimum Gasteiger partial charge on any atom is -0.334 e. The van der Waals surface area contributed by atoms with Crippen LogP contribution in [0.3, 0.4) is 0 Å². The Morgan fingerprint density at radius 1 is 1.21 bits per heavy atom. The highest BCUT2D eigenvalue weighted by atomic mass is 32.1. The Labute approximate surface area is 141 Å². The molecule has 1 atom stereocenters. The number of hydrogen-bond donors (Lipinski definition) is 0. The molecule has 2 amide bonds. The molecule has 24 heavy (non-hydrogen) atoms. The van der Waals surface area contributed by atoms with E-state index in [1.54, 1.807) is 30.5 Å². The van der Waals surface area contributed by atoms with Crippen LogP contribution in [0.25, 0.3) is 0 Å². The molecule has 1 saturated heterocycles. The van der Waals surface area contributed by atoms with Gasteiger partial charge in [-0.2, -0.15) is 0 Å². The summed E-state index contributed by atoms with van der Waals surface area (Å²) in [6, 6.07) is 5.87. The zero-order valence-electron chi connectivity index (χ0n) is 12.5. The lowest BCUT2D eigenvalue weighted by molar-refractivity contribution is -0.169. The van der Waals surface area contributed by atoms with E-state index < -0.39 is 23.8 Å². The van der Waals surface area contributed by atoms with Crippen molar-refractivity contribution in [2.24, 2.45) is 0 Å². The summed E-state index contributed by atoms with van der Waals surface area (Å²) in [7, 11) is 0. The zero-order valence-corrected chi connectivity index (χ0v) is 13.4. The molecule has 0 N–H and O–H groups in total. The minimum atomic E-state index is -0.614. The van der Waals surface area contributed by atoms with Crippen LogP contribution in [-0.4, -0.2) is 40.4 Å². The number of imide groups is 1. The largest absolute Gasteiger partial charge is 0.355 e. The summed E-state index contributed by atoms with van der Waals surface area (Å²) < 4.78 is 0. The number of thiazole rings is 1. The van der Waals surface area contributed by atoms with Crippen LogP contribution in [0.1, 0.15) is 33.6 Å². The molecule has 2 aliphatic heterocycles. The lowest BCUT2D eigenvalue weighted by Crippen LogP contribution is -2.42. The Hall–Kier alpha value is -2.74. The number of aromatic nitrogens is 1. The summed E-state index contributed by atoms with van der Waals surface area (Å²) in [5.74, 6) is -1.83. The average Bonchev–Trinajstić information content (AvgIpc) is 3.31. The smallest absolute Gasteiger partial charge is 0.334 e. The molecule has 1 unspecified atom stereocenters. The molecular formula is C16H13N3O4S. The summed E-state index contributed by atoms with van der Waals surface area (Å²) in [5, 5.41) is 3.13. The van der Waals surface area contributed by atoms with Crippen molar-refractivity contribution in [3.63, 3.8) is 0 Å². The van der Waals surface area contributed by atoms with E-state index in [9.17, 15) is 14.4 Å². The summed E-state index contributed by atoms with van der Waals surface area (Å²) in [6.07, 6.45) is 3.09. The van der Waals surface area contributed by atoms with E-state index >= 15 is 0 Å². The van der Waals surface area contributed by atoms with Gasteiger partial charge in [-0.1, -0.05) is 17.2 Å². The third-order valence-electron chi connectivity index (χ3n) is 4.13. The van der Waals surface area contributed by atoms with Crippen molar-refractivity contribution in [2.45, 2.75) is 18.9 Å². The first-order valence-corrected chi connectivity index (χ1v) is 8.40. The second-order valence-corrected chi connectivity index (χ2v) is 6.40. The number of carbonyl (C=O) groups is 3. The van der Waals surface area contributed by atoms with E-state index in [4.69, 9.17) is 4.84 Å². The van der Waals surface area contributed by atoms with Crippen molar-refractivity contribution in [3.05, 3.63) is 47.0 Å². The third-order valence-corrected chi connectivity index (χ3v) is 4.94. The lowest BCUT2D eigenvalue weighted by atomic mass is 10.1. The molecule has 8 heteroatoms. The highest BCUT2D eigenvalue weighted by Crippen LogP contribution is 2.29. The number of benzene rings is 1. The number of anilines is 1. The van der Waals surface area contributed by atoms with Crippen LogP contribution in [-0.2, 0) is 9.63 Å². The molecule has 2 aromatic rings. The summed E-state index contributed by atoms with van der Waals surface area (Å²) >= 11 is 1.43. The average molecular weight is 343 g/mol. The number of nitrogens with zero attached hydrogens (tertiary/aromatic N) is 3. The highest BCUT2D eigenvalue weighted by Gasteiger charge is 2.42. The van der Waals surface area contributed by atoms with Crippen LogP contribution in [0.5, 0.6) is 0 Å². The van der Waals surface area contributed by atoms with Crippen molar-refractivity contribution in [1.29, 1.82) is 0 Å². The molecule has 0 saturated carbocycles. The Morgan fingerprint density at radius 2 is 1.92 bits per heavy atom. The normalized spacial score (nSPS) is 19.8. The van der Waals surface area contributed by atoms with E-state index in [2.05, 4.69) is 4.98 Å². The minimum absolute atomic E-state index is 0.249. The van der Waals surface area contributed by atoms with Gasteiger partial charge >= 0.3 is 5.97 Å². The summed E-state index contributed by atoms with van der Waals surface area (Å²) in [5.41, 5.74) is 0.497. The molecule has 0 spiro atoms. The second kappa shape index (κ2) is 5.72. The molecule has 4 rings (SSSR count). The number of fused-ring (bicyclic) bond motifs is 1. The van der Waals surface area contributed by atoms with Gasteiger partial charge in [0.25, 0.3) is 11.8 Å². The van der Waals surface area contributed by atoms with E-state index in [0.717, 1.165) is 11.6 Å². The van der Waals surface area contributed by atoms with Crippen LogP contribution in [0.2, 0.25) is 0 Å². The molecule has 2 aliphatic rings. The first kappa shape index (κ1) is 14.8. The van der Waals surface area contributed by atoms with Crippen LogP contribution in [0.15, 0.2) is 35.8 Å². The zero-order chi connectivity index (χ0) is 16.7. The predicted molar refractivity (Wildman–Crippen MR) is 85.5 cm³/mol. The molecule has 0 bridgehead atoms. The predicted octanol–water partition coefficient (Wildman–Crippen LogP) is 1.87. The van der Waals surface area contributed by atoms with E-state index in [0.29, 0.717) is 18.0 Å². The van der Waals surface area contributed by atoms with Gasteiger partial charge < -0.3 is 9.74 Å². The van der Waals surface area contributed by atoms with Gasteiger partial charge in [-0.05, 0) is 25.0 Å². The molecular weight excluding hydrogens is 330 g/mol. The Bertz CT molecular complexity index is 785. The number of carbonyl (C=O) groups excluding carboxylic acids is 3. The van der Waals surface area contributed by atoms with Gasteiger partial charge in [-0.15, -0.1) is 11.3 Å². The van der Waals surface area contributed by atoms with Crippen molar-refractivity contribution in [3.8, 4) is 0 Å². The highest BCUT2D eigenvalue weighted by molar-refractivity contribution is 7.13. The maximum Gasteiger partial charge on any atom is 0.355 e. The third kappa shape index (κ3) is 2.26. The van der Waals surface area contributed by atoms with Gasteiger partial charge in [-0.25, -0.2) is 9.78 Å². The maximum absolute atomic E-state index is 12.5. The van der Waals surface area contributed by atoms with E-state index in [1.807, 2.05) is 10.3 Å². The molecule has 0 radical (unpaired) electrons. The van der Waals surface area contributed by atoms with E-state index in [1.165, 1.54) is 11.3 Å². The molecule has 1 aromatic heterocycles. The number of hydroxylamine groups is 2. The first-order valence-electron chi connectivity index (χ1n) is 7.52. The molecule has 122 valence electrons.